The van der Waals surface area contributed by atoms with Gasteiger partial charge in [0.25, 0.3) is 17.7 Å². The monoisotopic (exact) mass is 478 g/mol. The molecule has 31 heavy (non-hydrogen) atoms. The van der Waals surface area contributed by atoms with E-state index in [0.29, 0.717) is 41.9 Å². The third kappa shape index (κ3) is 4.73. The highest BCUT2D eigenvalue weighted by molar-refractivity contribution is 7.14. The zero-order chi connectivity index (χ0) is 22.0. The minimum Gasteiger partial charge on any atom is -0.459 e. The third-order valence-electron chi connectivity index (χ3n) is 4.71. The number of nitrogens with one attached hydrogen (secondary N) is 1. The van der Waals surface area contributed by atoms with Gasteiger partial charge in [-0.3, -0.25) is 19.7 Å². The predicted molar refractivity (Wildman–Crippen MR) is 117 cm³/mol. The molecule has 1 aliphatic rings. The van der Waals surface area contributed by atoms with Crippen LogP contribution >= 0.6 is 34.5 Å². The Balaban J connectivity index is 1.34. The van der Waals surface area contributed by atoms with E-state index in [4.69, 9.17) is 27.6 Å². The average molecular weight is 479 g/mol. The van der Waals surface area contributed by atoms with Crippen molar-refractivity contribution in [3.63, 3.8) is 0 Å². The highest BCUT2D eigenvalue weighted by Crippen LogP contribution is 2.24. The van der Waals surface area contributed by atoms with Crippen LogP contribution in [-0.2, 0) is 0 Å². The van der Waals surface area contributed by atoms with Crippen molar-refractivity contribution in [1.29, 1.82) is 0 Å². The van der Waals surface area contributed by atoms with Crippen LogP contribution in [-0.4, -0.2) is 58.7 Å². The normalized spacial score (nSPS) is 13.9. The summed E-state index contributed by atoms with van der Waals surface area (Å²) in [5.74, 6) is -0.576. The van der Waals surface area contributed by atoms with Crippen molar-refractivity contribution in [1.82, 2.24) is 14.8 Å². The van der Waals surface area contributed by atoms with Crippen LogP contribution in [0.25, 0.3) is 0 Å². The fraction of sp³-hybridized carbons (Fsp3) is 0.200. The van der Waals surface area contributed by atoms with Crippen LogP contribution in [0.3, 0.4) is 0 Å². The molecule has 0 atom stereocenters. The Labute approximate surface area is 191 Å². The van der Waals surface area contributed by atoms with Crippen molar-refractivity contribution in [2.24, 2.45) is 0 Å². The topological polar surface area (TPSA) is 95.8 Å². The van der Waals surface area contributed by atoms with Crippen molar-refractivity contribution >= 4 is 57.4 Å². The Bertz CT molecular complexity index is 1120. The second-order valence-corrected chi connectivity index (χ2v) is 8.36. The highest BCUT2D eigenvalue weighted by atomic mass is 35.5. The van der Waals surface area contributed by atoms with E-state index >= 15 is 0 Å². The maximum atomic E-state index is 12.8. The van der Waals surface area contributed by atoms with Gasteiger partial charge >= 0.3 is 0 Å². The third-order valence-corrected chi connectivity index (χ3v) is 6.21. The molecule has 0 saturated carbocycles. The molecule has 2 aromatic heterocycles. The van der Waals surface area contributed by atoms with Gasteiger partial charge in [-0.2, -0.15) is 0 Å². The van der Waals surface area contributed by atoms with Gasteiger partial charge in [0, 0.05) is 37.1 Å². The molecule has 0 bridgehead atoms. The number of benzene rings is 1. The first-order chi connectivity index (χ1) is 14.9. The number of anilines is 1. The number of carbonyl (C=O) groups is 3. The number of piperazine rings is 1. The van der Waals surface area contributed by atoms with Crippen LogP contribution < -0.4 is 5.32 Å². The molecule has 11 heteroatoms. The van der Waals surface area contributed by atoms with Gasteiger partial charge in [-0.15, -0.1) is 11.3 Å². The van der Waals surface area contributed by atoms with Crippen LogP contribution in [0, 0.1) is 0 Å². The van der Waals surface area contributed by atoms with Crippen molar-refractivity contribution < 1.29 is 18.8 Å². The molecule has 1 aliphatic heterocycles. The Morgan fingerprint density at radius 1 is 1.00 bits per heavy atom. The number of hydrogen-bond donors (Lipinski definition) is 1. The number of furan rings is 1. The van der Waals surface area contributed by atoms with E-state index in [1.54, 1.807) is 33.4 Å². The first kappa shape index (κ1) is 21.4. The average Bonchev–Trinajstić information content (AvgIpc) is 3.47. The maximum absolute atomic E-state index is 12.8. The summed E-state index contributed by atoms with van der Waals surface area (Å²) in [5, 5.41) is 5.17. The number of nitrogens with zero attached hydrogens (tertiary/aromatic N) is 3. The largest absolute Gasteiger partial charge is 0.459 e. The first-order valence-electron chi connectivity index (χ1n) is 9.26. The van der Waals surface area contributed by atoms with Crippen LogP contribution in [0.5, 0.6) is 0 Å². The molecule has 3 aromatic rings. The van der Waals surface area contributed by atoms with Gasteiger partial charge in [0.15, 0.2) is 10.9 Å². The van der Waals surface area contributed by atoms with Crippen LogP contribution in [0.2, 0.25) is 10.0 Å². The second-order valence-electron chi connectivity index (χ2n) is 6.68. The fourth-order valence-electron chi connectivity index (χ4n) is 3.07. The molecule has 4 rings (SSSR count). The lowest BCUT2D eigenvalue weighted by Crippen LogP contribution is -2.50. The number of thiazole rings is 1. The summed E-state index contributed by atoms with van der Waals surface area (Å²) in [7, 11) is 0. The molecule has 0 unspecified atom stereocenters. The lowest BCUT2D eigenvalue weighted by molar-refractivity contribution is 0.0515. The van der Waals surface area contributed by atoms with E-state index in [9.17, 15) is 14.4 Å². The van der Waals surface area contributed by atoms with Crippen molar-refractivity contribution in [2.45, 2.75) is 0 Å². The Morgan fingerprint density at radius 3 is 2.35 bits per heavy atom. The molecule has 1 fully saturated rings. The zero-order valence-corrected chi connectivity index (χ0v) is 18.3. The molecule has 1 aromatic carbocycles. The van der Waals surface area contributed by atoms with E-state index in [1.165, 1.54) is 18.4 Å². The molecule has 3 heterocycles. The Morgan fingerprint density at radius 2 is 1.71 bits per heavy atom. The van der Waals surface area contributed by atoms with E-state index in [0.717, 1.165) is 11.3 Å². The molecule has 8 nitrogen and oxygen atoms in total. The standard InChI is InChI=1S/C20H16Cl2N4O4S/c21-13-4-3-12(10-14(13)22)17(27)24-20-23-15(11-31-20)18(28)25-5-7-26(8-6-25)19(29)16-2-1-9-30-16/h1-4,9-11H,5-8H2,(H,23,24,27). The summed E-state index contributed by atoms with van der Waals surface area (Å²) in [6.45, 7) is 1.56. The Hall–Kier alpha value is -2.88. The SMILES string of the molecule is O=C(Nc1nc(C(=O)N2CCN(C(=O)c3ccco3)CC2)cs1)c1ccc(Cl)c(Cl)c1. The quantitative estimate of drug-likeness (QED) is 0.613. The van der Waals surface area contributed by atoms with E-state index in [-0.39, 0.29) is 28.3 Å². The van der Waals surface area contributed by atoms with E-state index < -0.39 is 5.91 Å². The number of amides is 3. The summed E-state index contributed by atoms with van der Waals surface area (Å²) in [6.07, 6.45) is 1.45. The number of hydrogen-bond acceptors (Lipinski definition) is 6. The molecular weight excluding hydrogens is 463 g/mol. The molecule has 0 aliphatic carbocycles. The van der Waals surface area contributed by atoms with Gasteiger partial charge in [-0.05, 0) is 30.3 Å². The minimum absolute atomic E-state index is 0.196. The van der Waals surface area contributed by atoms with Crippen LogP contribution in [0.1, 0.15) is 31.4 Å². The molecule has 3 amide bonds. The smallest absolute Gasteiger partial charge is 0.289 e. The maximum Gasteiger partial charge on any atom is 0.289 e. The van der Waals surface area contributed by atoms with Crippen molar-refractivity contribution in [3.8, 4) is 0 Å². The van der Waals surface area contributed by atoms with Gasteiger partial charge in [-0.25, -0.2) is 4.98 Å². The fourth-order valence-corrected chi connectivity index (χ4v) is 4.04. The van der Waals surface area contributed by atoms with Gasteiger partial charge < -0.3 is 14.2 Å². The van der Waals surface area contributed by atoms with Crippen LogP contribution in [0.15, 0.2) is 46.4 Å². The summed E-state index contributed by atoms with van der Waals surface area (Å²) < 4.78 is 5.14. The number of halogens is 2. The Kier molecular flexibility index (Phi) is 6.26. The number of rotatable bonds is 4. The minimum atomic E-state index is -0.406. The van der Waals surface area contributed by atoms with E-state index in [2.05, 4.69) is 10.3 Å². The van der Waals surface area contributed by atoms with Gasteiger partial charge in [-0.1, -0.05) is 23.2 Å². The second kappa shape index (κ2) is 9.09. The van der Waals surface area contributed by atoms with Crippen molar-refractivity contribution in [2.75, 3.05) is 31.5 Å². The summed E-state index contributed by atoms with van der Waals surface area (Å²) in [5.41, 5.74) is 0.565. The van der Waals surface area contributed by atoms with Gasteiger partial charge in [0.2, 0.25) is 0 Å². The number of aromatic nitrogens is 1. The summed E-state index contributed by atoms with van der Waals surface area (Å²) >= 11 is 13.0. The van der Waals surface area contributed by atoms with Crippen LogP contribution in [0.4, 0.5) is 5.13 Å². The lowest BCUT2D eigenvalue weighted by atomic mass is 10.2. The van der Waals surface area contributed by atoms with Gasteiger partial charge in [0.05, 0.1) is 16.3 Å². The molecule has 0 spiro atoms. The number of carbonyl (C=O) groups excluding carboxylic acids is 3. The lowest BCUT2D eigenvalue weighted by Gasteiger charge is -2.33. The highest BCUT2D eigenvalue weighted by Gasteiger charge is 2.27. The molecular formula is C20H16Cl2N4O4S. The molecule has 0 radical (unpaired) electrons. The van der Waals surface area contributed by atoms with Crippen molar-refractivity contribution in [3.05, 3.63) is 69.0 Å². The van der Waals surface area contributed by atoms with E-state index in [1.807, 2.05) is 0 Å². The molecule has 1 saturated heterocycles. The van der Waals surface area contributed by atoms with Gasteiger partial charge in [0.1, 0.15) is 5.69 Å². The molecule has 1 N–H and O–H groups in total. The molecule has 160 valence electrons. The first-order valence-corrected chi connectivity index (χ1v) is 10.9. The summed E-state index contributed by atoms with van der Waals surface area (Å²) in [4.78, 5) is 45.0. The zero-order valence-electron chi connectivity index (χ0n) is 16.0. The summed E-state index contributed by atoms with van der Waals surface area (Å²) in [6, 6.07) is 7.82. The predicted octanol–water partition coefficient (Wildman–Crippen LogP) is 3.89.